The second kappa shape index (κ2) is 4.79. The maximum atomic E-state index is 5.12. The van der Waals surface area contributed by atoms with Gasteiger partial charge < -0.3 is 0 Å². The van der Waals surface area contributed by atoms with Crippen LogP contribution in [0.5, 0.6) is 0 Å². The minimum absolute atomic E-state index is 0.764. The van der Waals surface area contributed by atoms with Crippen molar-refractivity contribution in [2.24, 2.45) is 0 Å². The van der Waals surface area contributed by atoms with E-state index in [0.29, 0.717) is 0 Å². The van der Waals surface area contributed by atoms with Crippen LogP contribution >= 0.6 is 11.8 Å². The molecule has 2 nitrogen and oxygen atoms in total. The number of allylic oxidation sites excluding steroid dienone is 5. The molecule has 1 aliphatic rings. The summed E-state index contributed by atoms with van der Waals surface area (Å²) in [7, 11) is 0. The van der Waals surface area contributed by atoms with E-state index in [1.165, 1.54) is 0 Å². The standard InChI is InChI=1S/C11H9NOS.Fe/c1-14-11-8-10(13-12-11)7-6-9-4-2-3-5-9;/h2-4,6-8H,1H3;/q;+1/b7-6+;. The molecular weight excluding hydrogens is 250 g/mol. The van der Waals surface area contributed by atoms with E-state index in [1.54, 1.807) is 11.8 Å². The van der Waals surface area contributed by atoms with Gasteiger partial charge in [-0.1, -0.05) is 0 Å². The van der Waals surface area contributed by atoms with Crippen LogP contribution in [-0.2, 0) is 15.6 Å². The number of rotatable bonds is 3. The van der Waals surface area contributed by atoms with Crippen LogP contribution in [0.2, 0.25) is 0 Å². The summed E-state index contributed by atoms with van der Waals surface area (Å²) < 4.78 is 6.14. The predicted octanol–water partition coefficient (Wildman–Crippen LogP) is 2.63. The van der Waals surface area contributed by atoms with Crippen LogP contribution in [0, 0.1) is 0 Å². The third-order valence-corrected chi connectivity index (χ3v) is 3.04. The van der Waals surface area contributed by atoms with Gasteiger partial charge in [0.1, 0.15) is 0 Å². The molecule has 0 saturated carbocycles. The molecule has 77 valence electrons. The van der Waals surface area contributed by atoms with Crippen molar-refractivity contribution in [1.29, 1.82) is 0 Å². The summed E-state index contributed by atoms with van der Waals surface area (Å²) in [6.07, 6.45) is 11.8. The zero-order chi connectivity index (χ0) is 10.7. The van der Waals surface area contributed by atoms with Crippen molar-refractivity contribution in [1.82, 2.24) is 5.16 Å². The summed E-state index contributed by atoms with van der Waals surface area (Å²) in [5, 5.41) is 4.77. The first-order valence-electron chi connectivity index (χ1n) is 4.38. The second-order valence-electron chi connectivity index (χ2n) is 2.92. The second-order valence-corrected chi connectivity index (χ2v) is 4.34. The molecule has 1 aromatic rings. The molecule has 0 aromatic carbocycles. The van der Waals surface area contributed by atoms with Crippen LogP contribution < -0.4 is 0 Å². The van der Waals surface area contributed by atoms with Crippen molar-refractivity contribution < 1.29 is 20.1 Å². The summed E-state index contributed by atoms with van der Waals surface area (Å²) in [4.78, 5) is 0. The molecular formula is C11H9FeNOS+. The van der Waals surface area contributed by atoms with Gasteiger partial charge in [-0.25, -0.2) is 0 Å². The molecule has 0 saturated heterocycles. The van der Waals surface area contributed by atoms with Gasteiger partial charge in [0, 0.05) is 0 Å². The molecule has 0 fully saturated rings. The number of hydrogen-bond acceptors (Lipinski definition) is 3. The Morgan fingerprint density at radius 3 is 2.93 bits per heavy atom. The van der Waals surface area contributed by atoms with Gasteiger partial charge in [-0.15, -0.1) is 0 Å². The van der Waals surface area contributed by atoms with Gasteiger partial charge in [-0.2, -0.15) is 0 Å². The zero-order valence-corrected chi connectivity index (χ0v) is 10.0. The fourth-order valence-electron chi connectivity index (χ4n) is 1.16. The SMILES string of the molecule is CSc1cc(/C=C/C2=CC=C[C]2=[Fe+])on1. The van der Waals surface area contributed by atoms with E-state index in [-0.39, 0.29) is 0 Å². The molecule has 1 aromatic heterocycles. The molecule has 4 heteroatoms. The Balaban J connectivity index is 2.08. The molecule has 0 amide bonds. The Kier molecular flexibility index (Phi) is 3.41. The quantitative estimate of drug-likeness (QED) is 0.616. The van der Waals surface area contributed by atoms with Crippen LogP contribution in [-0.4, -0.2) is 15.8 Å². The fraction of sp³-hybridized carbons (Fsp3) is 0.0909. The molecule has 1 heterocycles. The number of aromatic nitrogens is 1. The van der Waals surface area contributed by atoms with E-state index in [2.05, 4.69) is 20.7 Å². The zero-order valence-electron chi connectivity index (χ0n) is 8.08. The number of hydrogen-bond donors (Lipinski definition) is 0. The summed E-state index contributed by atoms with van der Waals surface area (Å²) >= 11 is 5.48. The molecule has 0 unspecified atom stereocenters. The van der Waals surface area contributed by atoms with Crippen molar-refractivity contribution in [2.45, 2.75) is 5.03 Å². The Bertz CT molecular complexity index is 471. The van der Waals surface area contributed by atoms with E-state index in [0.717, 1.165) is 20.8 Å². The summed E-state index contributed by atoms with van der Waals surface area (Å²) in [6.45, 7) is 0. The number of nitrogens with zero attached hydrogens (tertiary/aromatic N) is 1. The first-order chi connectivity index (χ1) is 7.29. The van der Waals surface area contributed by atoms with Gasteiger partial charge in [0.25, 0.3) is 0 Å². The van der Waals surface area contributed by atoms with Crippen molar-refractivity contribution in [3.05, 3.63) is 41.7 Å². The van der Waals surface area contributed by atoms with E-state index in [9.17, 15) is 0 Å². The Morgan fingerprint density at radius 1 is 1.47 bits per heavy atom. The Labute approximate surface area is 100 Å². The third-order valence-electron chi connectivity index (χ3n) is 1.93. The molecule has 0 atom stereocenters. The van der Waals surface area contributed by atoms with E-state index < -0.39 is 0 Å². The van der Waals surface area contributed by atoms with Crippen LogP contribution in [0.4, 0.5) is 0 Å². The van der Waals surface area contributed by atoms with Crippen molar-refractivity contribution in [3.8, 4) is 0 Å². The Morgan fingerprint density at radius 2 is 2.33 bits per heavy atom. The Hall–Kier alpha value is -0.831. The molecule has 0 aliphatic heterocycles. The van der Waals surface area contributed by atoms with Crippen LogP contribution in [0.15, 0.2) is 45.5 Å². The molecule has 0 spiro atoms. The first kappa shape index (κ1) is 10.7. The van der Waals surface area contributed by atoms with Gasteiger partial charge in [0.05, 0.1) is 0 Å². The number of thioether (sulfide) groups is 1. The van der Waals surface area contributed by atoms with Crippen molar-refractivity contribution >= 4 is 22.3 Å². The molecule has 2 rings (SSSR count). The molecule has 15 heavy (non-hydrogen) atoms. The van der Waals surface area contributed by atoms with E-state index in [4.69, 9.17) is 4.52 Å². The summed E-state index contributed by atoms with van der Waals surface area (Å²) in [5.41, 5.74) is 1.11. The first-order valence-corrected chi connectivity index (χ1v) is 6.16. The average Bonchev–Trinajstić information content (AvgIpc) is 2.84. The van der Waals surface area contributed by atoms with Crippen LogP contribution in [0.1, 0.15) is 5.76 Å². The van der Waals surface area contributed by atoms with Gasteiger partial charge in [0.2, 0.25) is 0 Å². The van der Waals surface area contributed by atoms with Gasteiger partial charge in [0.15, 0.2) is 0 Å². The van der Waals surface area contributed by atoms with Crippen LogP contribution in [0.25, 0.3) is 6.08 Å². The van der Waals surface area contributed by atoms with Gasteiger partial charge >= 0.3 is 100 Å². The molecule has 0 bridgehead atoms. The predicted molar refractivity (Wildman–Crippen MR) is 59.5 cm³/mol. The van der Waals surface area contributed by atoms with Crippen molar-refractivity contribution in [2.75, 3.05) is 6.26 Å². The van der Waals surface area contributed by atoms with E-state index >= 15 is 0 Å². The molecule has 0 N–H and O–H groups in total. The average molecular weight is 259 g/mol. The minimum atomic E-state index is 0.764. The summed E-state index contributed by atoms with van der Waals surface area (Å²) in [5.74, 6) is 0.764. The van der Waals surface area contributed by atoms with Gasteiger partial charge in [-0.3, -0.25) is 0 Å². The monoisotopic (exact) mass is 259 g/mol. The molecule has 1 aliphatic carbocycles. The van der Waals surface area contributed by atoms with Crippen LogP contribution in [0.3, 0.4) is 0 Å². The van der Waals surface area contributed by atoms with E-state index in [1.807, 2.05) is 42.7 Å². The third kappa shape index (κ3) is 2.59. The summed E-state index contributed by atoms with van der Waals surface area (Å²) in [6, 6.07) is 1.91. The van der Waals surface area contributed by atoms with Crippen molar-refractivity contribution in [3.63, 3.8) is 0 Å². The molecule has 0 radical (unpaired) electrons. The maximum absolute atomic E-state index is 5.12. The normalized spacial score (nSPS) is 15.3. The van der Waals surface area contributed by atoms with Gasteiger partial charge in [-0.05, 0) is 0 Å². The topological polar surface area (TPSA) is 26.0 Å². The fourth-order valence-corrected chi connectivity index (χ4v) is 1.80.